The Hall–Kier alpha value is -0.920. The van der Waals surface area contributed by atoms with Crippen LogP contribution >= 0.6 is 0 Å². The van der Waals surface area contributed by atoms with Crippen LogP contribution in [0.1, 0.15) is 24.3 Å². The van der Waals surface area contributed by atoms with E-state index in [0.29, 0.717) is 24.5 Å². The van der Waals surface area contributed by atoms with Crippen LogP contribution in [0.2, 0.25) is 0 Å². The maximum atomic E-state index is 12.6. The summed E-state index contributed by atoms with van der Waals surface area (Å²) in [7, 11) is -1.66. The van der Waals surface area contributed by atoms with Gasteiger partial charge in [0.2, 0.25) is 10.0 Å². The number of aromatic nitrogens is 1. The predicted molar refractivity (Wildman–Crippen MR) is 66.8 cm³/mol. The average molecular weight is 273 g/mol. The fourth-order valence-corrected chi connectivity index (χ4v) is 4.51. The minimum atomic E-state index is -3.49. The third kappa shape index (κ3) is 2.17. The highest BCUT2D eigenvalue weighted by Gasteiger charge is 2.38. The van der Waals surface area contributed by atoms with Crippen LogP contribution in [0.4, 0.5) is 0 Å². The minimum absolute atomic E-state index is 0.0219. The molecule has 0 bridgehead atoms. The van der Waals surface area contributed by atoms with Gasteiger partial charge in [0.15, 0.2) is 5.76 Å². The lowest BCUT2D eigenvalue weighted by atomic mass is 10.2. The molecule has 0 saturated carbocycles. The Bertz CT molecular complexity index is 504. The van der Waals surface area contributed by atoms with Crippen molar-refractivity contribution >= 4 is 10.0 Å². The molecule has 2 rings (SSSR count). The zero-order chi connectivity index (χ0) is 13.3. The molecule has 7 heteroatoms. The maximum absolute atomic E-state index is 12.6. The normalized spacial score (nSPS) is 21.6. The van der Waals surface area contributed by atoms with E-state index in [1.54, 1.807) is 18.2 Å². The lowest BCUT2D eigenvalue weighted by molar-refractivity contribution is 0.374. The second kappa shape index (κ2) is 4.99. The molecular weight excluding hydrogens is 254 g/mol. The van der Waals surface area contributed by atoms with Crippen molar-refractivity contribution in [3.05, 3.63) is 11.5 Å². The van der Waals surface area contributed by atoms with Gasteiger partial charge in [-0.3, -0.25) is 0 Å². The molecule has 1 fully saturated rings. The van der Waals surface area contributed by atoms with E-state index in [2.05, 4.69) is 10.5 Å². The van der Waals surface area contributed by atoms with E-state index in [0.717, 1.165) is 12.8 Å². The Labute approximate surface area is 107 Å². The van der Waals surface area contributed by atoms with Gasteiger partial charge in [-0.25, -0.2) is 8.42 Å². The summed E-state index contributed by atoms with van der Waals surface area (Å²) in [5.41, 5.74) is 0.433. The molecule has 0 amide bonds. The second-order valence-corrected chi connectivity index (χ2v) is 6.45. The van der Waals surface area contributed by atoms with Gasteiger partial charge < -0.3 is 9.84 Å². The molecule has 2 heterocycles. The van der Waals surface area contributed by atoms with Gasteiger partial charge in [-0.1, -0.05) is 5.16 Å². The molecule has 0 aromatic carbocycles. The largest absolute Gasteiger partial charge is 0.360 e. The van der Waals surface area contributed by atoms with E-state index in [4.69, 9.17) is 4.52 Å². The number of aryl methyl sites for hydroxylation is 2. The number of sulfonamides is 1. The summed E-state index contributed by atoms with van der Waals surface area (Å²) in [6.07, 6.45) is 1.79. The summed E-state index contributed by atoms with van der Waals surface area (Å²) in [6, 6.07) is 0.0219. The molecule has 1 atom stereocenters. The quantitative estimate of drug-likeness (QED) is 0.872. The molecule has 1 aliphatic heterocycles. The zero-order valence-corrected chi connectivity index (χ0v) is 11.7. The summed E-state index contributed by atoms with van der Waals surface area (Å²) < 4.78 is 31.8. The van der Waals surface area contributed by atoms with Gasteiger partial charge in [0, 0.05) is 19.1 Å². The van der Waals surface area contributed by atoms with Crippen molar-refractivity contribution in [2.45, 2.75) is 37.6 Å². The SMILES string of the molecule is CNCC1CCCN1S(=O)(=O)c1c(C)noc1C. The lowest BCUT2D eigenvalue weighted by Gasteiger charge is -2.23. The third-order valence-electron chi connectivity index (χ3n) is 3.30. The Morgan fingerprint density at radius 1 is 1.50 bits per heavy atom. The smallest absolute Gasteiger partial charge is 0.248 e. The number of nitrogens with zero attached hydrogens (tertiary/aromatic N) is 2. The third-order valence-corrected chi connectivity index (χ3v) is 5.49. The van der Waals surface area contributed by atoms with Crippen LogP contribution in [0.5, 0.6) is 0 Å². The van der Waals surface area contributed by atoms with Crippen LogP contribution in [-0.4, -0.2) is 44.1 Å². The number of rotatable bonds is 4. The summed E-state index contributed by atoms with van der Waals surface area (Å²) in [5, 5.41) is 6.77. The minimum Gasteiger partial charge on any atom is -0.360 e. The highest BCUT2D eigenvalue weighted by molar-refractivity contribution is 7.89. The van der Waals surface area contributed by atoms with E-state index in [-0.39, 0.29) is 10.9 Å². The van der Waals surface area contributed by atoms with Gasteiger partial charge in [-0.05, 0) is 33.7 Å². The van der Waals surface area contributed by atoms with Gasteiger partial charge in [0.1, 0.15) is 10.6 Å². The predicted octanol–water partition coefficient (Wildman–Crippen LogP) is 0.664. The monoisotopic (exact) mass is 273 g/mol. The molecular formula is C11H19N3O3S. The van der Waals surface area contributed by atoms with Gasteiger partial charge in [-0.15, -0.1) is 0 Å². The first-order valence-corrected chi connectivity index (χ1v) is 7.51. The highest BCUT2D eigenvalue weighted by atomic mass is 32.2. The molecule has 0 aliphatic carbocycles. The summed E-state index contributed by atoms with van der Waals surface area (Å²) in [5.74, 6) is 0.364. The van der Waals surface area contributed by atoms with Crippen molar-refractivity contribution in [1.82, 2.24) is 14.8 Å². The van der Waals surface area contributed by atoms with Gasteiger partial charge >= 0.3 is 0 Å². The van der Waals surface area contributed by atoms with E-state index < -0.39 is 10.0 Å². The van der Waals surface area contributed by atoms with Crippen LogP contribution < -0.4 is 5.32 Å². The Balaban J connectivity index is 2.37. The van der Waals surface area contributed by atoms with Crippen molar-refractivity contribution in [1.29, 1.82) is 0 Å². The fraction of sp³-hybridized carbons (Fsp3) is 0.727. The molecule has 1 aromatic heterocycles. The summed E-state index contributed by atoms with van der Waals surface area (Å²) >= 11 is 0. The van der Waals surface area contributed by atoms with Crippen LogP contribution in [0, 0.1) is 13.8 Å². The standard InChI is InChI=1S/C11H19N3O3S/c1-8-11(9(2)17-13-8)18(15,16)14-6-4-5-10(14)7-12-3/h10,12H,4-7H2,1-3H3. The lowest BCUT2D eigenvalue weighted by Crippen LogP contribution is -2.41. The molecule has 0 spiro atoms. The first-order chi connectivity index (χ1) is 8.48. The Morgan fingerprint density at radius 2 is 2.22 bits per heavy atom. The van der Waals surface area contributed by atoms with Crippen LogP contribution in [0.3, 0.4) is 0 Å². The second-order valence-electron chi connectivity index (χ2n) is 4.62. The molecule has 18 heavy (non-hydrogen) atoms. The van der Waals surface area contributed by atoms with Crippen molar-refractivity contribution in [2.75, 3.05) is 20.1 Å². The molecule has 102 valence electrons. The number of hydrogen-bond donors (Lipinski definition) is 1. The van der Waals surface area contributed by atoms with Crippen molar-refractivity contribution < 1.29 is 12.9 Å². The van der Waals surface area contributed by atoms with E-state index >= 15 is 0 Å². The van der Waals surface area contributed by atoms with Crippen LogP contribution in [0.25, 0.3) is 0 Å². The van der Waals surface area contributed by atoms with E-state index in [1.807, 2.05) is 7.05 Å². The molecule has 6 nitrogen and oxygen atoms in total. The average Bonchev–Trinajstić information content (AvgIpc) is 2.87. The van der Waals surface area contributed by atoms with E-state index in [9.17, 15) is 8.42 Å². The van der Waals surface area contributed by atoms with E-state index in [1.165, 1.54) is 0 Å². The van der Waals surface area contributed by atoms with Crippen molar-refractivity contribution in [3.63, 3.8) is 0 Å². The first kappa shape index (κ1) is 13.5. The Kier molecular flexibility index (Phi) is 3.74. The molecule has 1 unspecified atom stereocenters. The molecule has 1 saturated heterocycles. The molecule has 1 N–H and O–H groups in total. The first-order valence-electron chi connectivity index (χ1n) is 6.07. The van der Waals surface area contributed by atoms with Gasteiger partial charge in [0.05, 0.1) is 0 Å². The topological polar surface area (TPSA) is 75.4 Å². The summed E-state index contributed by atoms with van der Waals surface area (Å²) in [4.78, 5) is 0.227. The number of nitrogens with one attached hydrogen (secondary N) is 1. The molecule has 1 aromatic rings. The van der Waals surface area contributed by atoms with Crippen LogP contribution in [0.15, 0.2) is 9.42 Å². The van der Waals surface area contributed by atoms with Crippen molar-refractivity contribution in [2.24, 2.45) is 0 Å². The number of hydrogen-bond acceptors (Lipinski definition) is 5. The van der Waals surface area contributed by atoms with Crippen molar-refractivity contribution in [3.8, 4) is 0 Å². The Morgan fingerprint density at radius 3 is 2.78 bits per heavy atom. The van der Waals surface area contributed by atoms with Gasteiger partial charge in [0.25, 0.3) is 0 Å². The molecule has 1 aliphatic rings. The maximum Gasteiger partial charge on any atom is 0.248 e. The molecule has 0 radical (unpaired) electrons. The summed E-state index contributed by atoms with van der Waals surface area (Å²) in [6.45, 7) is 4.53. The number of likely N-dealkylation sites (N-methyl/N-ethyl adjacent to an activating group) is 1. The zero-order valence-electron chi connectivity index (χ0n) is 10.9. The fourth-order valence-electron chi connectivity index (χ4n) is 2.53. The van der Waals surface area contributed by atoms with Crippen LogP contribution in [-0.2, 0) is 10.0 Å². The van der Waals surface area contributed by atoms with Gasteiger partial charge in [-0.2, -0.15) is 4.31 Å². The highest BCUT2D eigenvalue weighted by Crippen LogP contribution is 2.29.